The minimum Gasteiger partial charge on any atom is -0.399 e. The van der Waals surface area contributed by atoms with E-state index < -0.39 is 5.24 Å². The molecule has 2 aliphatic carbocycles. The Morgan fingerprint density at radius 2 is 1.01 bits per heavy atom. The van der Waals surface area contributed by atoms with Crippen LogP contribution < -0.4 is 32.3 Å². The standard InChI is InChI=1S/C30H31ClN6O2.C25H25ClN6O.C5H7ClO/c1-18(2)14-27(38)34-20-12-10-19(11-13-20)29(39)35-21-6-5-7-22(15-21)36-30-33-17-25(31)28(37-30)24-16-32-26-9-4-3-8-23(24)26;26-21-14-29-25(32-23(21)20-13-28-22-7-2-1-6-19(20)22)31-18-5-3-4-17(12-18)30-24(33)15-8-10-16(27)11-9-15;1-4(2)3-5(6)7/h3-4,8-14,16-17,21-22,32H,5-7,15H2,1-2H3,(H,34,38)(H,35,39)(H,33,36,37);1-2,6-11,13-14,17-18,28H,3-5,12,27H2,(H,30,33)(H,29,31,32);3H,1-2H3/t21-,22+;17-,18+;/m00./s1. The number of aromatic nitrogens is 6. The molecular formula is C60H63Cl3N12O4. The molecule has 10 rings (SSSR count). The third kappa shape index (κ3) is 16.0. The molecule has 0 saturated heterocycles. The summed E-state index contributed by atoms with van der Waals surface area (Å²) in [5, 5.41) is 18.7. The van der Waals surface area contributed by atoms with Gasteiger partial charge in [-0.15, -0.1) is 0 Å². The largest absolute Gasteiger partial charge is 0.399 e. The van der Waals surface area contributed by atoms with Crippen LogP contribution >= 0.6 is 34.8 Å². The third-order valence-electron chi connectivity index (χ3n) is 13.3. The van der Waals surface area contributed by atoms with Crippen molar-refractivity contribution in [3.63, 3.8) is 0 Å². The summed E-state index contributed by atoms with van der Waals surface area (Å²) in [4.78, 5) is 72.2. The van der Waals surface area contributed by atoms with E-state index in [4.69, 9.17) is 50.5 Å². The van der Waals surface area contributed by atoms with E-state index in [1.54, 1.807) is 60.9 Å². The number of fused-ring (bicyclic) bond motifs is 2. The number of amides is 3. The van der Waals surface area contributed by atoms with Crippen LogP contribution in [0.5, 0.6) is 0 Å². The number of hydrogen-bond acceptors (Lipinski definition) is 11. The van der Waals surface area contributed by atoms with Crippen molar-refractivity contribution in [2.24, 2.45) is 0 Å². The lowest BCUT2D eigenvalue weighted by atomic mass is 9.91. The first-order valence-corrected chi connectivity index (χ1v) is 27.3. The van der Waals surface area contributed by atoms with E-state index in [0.29, 0.717) is 55.8 Å². The van der Waals surface area contributed by atoms with Crippen molar-refractivity contribution < 1.29 is 19.2 Å². The van der Waals surface area contributed by atoms with Crippen molar-refractivity contribution in [3.05, 3.63) is 166 Å². The number of nitrogen functional groups attached to an aromatic ring is 1. The van der Waals surface area contributed by atoms with E-state index in [2.05, 4.69) is 46.5 Å². The monoisotopic (exact) mass is 1120 g/mol. The number of halogens is 3. The number of nitrogens with two attached hydrogens (primary N) is 1. The minimum absolute atomic E-state index is 0.0289. The lowest BCUT2D eigenvalue weighted by Gasteiger charge is -2.30. The number of benzene rings is 4. The number of allylic oxidation sites excluding steroid dienone is 3. The summed E-state index contributed by atoms with van der Waals surface area (Å²) in [7, 11) is 0. The normalized spacial score (nSPS) is 16.6. The van der Waals surface area contributed by atoms with Gasteiger partial charge in [0, 0.05) is 98.1 Å². The Morgan fingerprint density at radius 3 is 1.44 bits per heavy atom. The van der Waals surface area contributed by atoms with Gasteiger partial charge >= 0.3 is 0 Å². The summed E-state index contributed by atoms with van der Waals surface area (Å²) in [5.74, 6) is 0.654. The predicted molar refractivity (Wildman–Crippen MR) is 319 cm³/mol. The van der Waals surface area contributed by atoms with Gasteiger partial charge in [-0.05, 0) is 157 Å². The van der Waals surface area contributed by atoms with Crippen LogP contribution in [-0.2, 0) is 9.59 Å². The number of para-hydroxylation sites is 2. The van der Waals surface area contributed by atoms with Crippen molar-refractivity contribution in [1.29, 1.82) is 0 Å². The minimum atomic E-state index is -0.403. The molecule has 0 bridgehead atoms. The fourth-order valence-corrected chi connectivity index (χ4v) is 10.2. The zero-order valence-electron chi connectivity index (χ0n) is 44.3. The molecule has 2 saturated carbocycles. The number of anilines is 4. The Hall–Kier alpha value is -8.05. The van der Waals surface area contributed by atoms with E-state index in [1.807, 2.05) is 88.6 Å². The summed E-state index contributed by atoms with van der Waals surface area (Å²) in [6, 6.07) is 30.4. The van der Waals surface area contributed by atoms with Crippen LogP contribution in [0.2, 0.25) is 10.0 Å². The maximum Gasteiger partial charge on any atom is 0.251 e. The molecule has 408 valence electrons. The quantitative estimate of drug-likeness (QED) is 0.0307. The number of rotatable bonds is 13. The van der Waals surface area contributed by atoms with Gasteiger partial charge in [0.05, 0.1) is 33.8 Å². The highest BCUT2D eigenvalue weighted by atomic mass is 35.5. The van der Waals surface area contributed by atoms with Crippen molar-refractivity contribution in [3.8, 4) is 22.5 Å². The van der Waals surface area contributed by atoms with E-state index in [9.17, 15) is 19.2 Å². The first-order valence-electron chi connectivity index (χ1n) is 26.1. The van der Waals surface area contributed by atoms with Crippen LogP contribution in [0.15, 0.2) is 145 Å². The number of nitrogens with zero attached hydrogens (tertiary/aromatic N) is 4. The molecule has 0 spiro atoms. The number of aromatic amines is 2. The van der Waals surface area contributed by atoms with Gasteiger partial charge in [-0.25, -0.2) is 19.9 Å². The van der Waals surface area contributed by atoms with Crippen LogP contribution in [0.4, 0.5) is 23.3 Å². The molecule has 4 atom stereocenters. The zero-order valence-corrected chi connectivity index (χ0v) is 46.6. The van der Waals surface area contributed by atoms with E-state index in [-0.39, 0.29) is 41.9 Å². The van der Waals surface area contributed by atoms with Gasteiger partial charge in [0.1, 0.15) is 0 Å². The summed E-state index contributed by atoms with van der Waals surface area (Å²) >= 11 is 17.9. The van der Waals surface area contributed by atoms with Crippen LogP contribution in [-0.4, -0.2) is 77.0 Å². The molecule has 4 heterocycles. The average Bonchev–Trinajstić information content (AvgIpc) is 4.07. The molecule has 19 heteroatoms. The molecule has 9 N–H and O–H groups in total. The summed E-state index contributed by atoms with van der Waals surface area (Å²) in [5.41, 5.74) is 15.3. The predicted octanol–water partition coefficient (Wildman–Crippen LogP) is 13.1. The van der Waals surface area contributed by atoms with Crippen LogP contribution in [0.3, 0.4) is 0 Å². The highest BCUT2D eigenvalue weighted by Crippen LogP contribution is 2.35. The Kier molecular flexibility index (Phi) is 19.5. The Morgan fingerprint density at radius 1 is 0.582 bits per heavy atom. The molecule has 2 aliphatic rings. The number of hydrogen-bond donors (Lipinski definition) is 8. The molecule has 4 aromatic heterocycles. The fourth-order valence-electron chi connectivity index (χ4n) is 9.60. The van der Waals surface area contributed by atoms with Gasteiger partial charge in [0.2, 0.25) is 23.0 Å². The van der Waals surface area contributed by atoms with Gasteiger partial charge in [-0.3, -0.25) is 19.2 Å². The maximum atomic E-state index is 12.9. The molecular weight excluding hydrogens is 1060 g/mol. The third-order valence-corrected chi connectivity index (χ3v) is 13.9. The Balaban J connectivity index is 0.000000188. The Labute approximate surface area is 473 Å². The molecule has 8 aromatic rings. The van der Waals surface area contributed by atoms with Gasteiger partial charge in [-0.2, -0.15) is 0 Å². The van der Waals surface area contributed by atoms with Gasteiger partial charge in [0.25, 0.3) is 11.8 Å². The van der Waals surface area contributed by atoms with Crippen LogP contribution in [0.25, 0.3) is 44.3 Å². The van der Waals surface area contributed by atoms with E-state index >= 15 is 0 Å². The number of nitrogens with one attached hydrogen (secondary N) is 7. The van der Waals surface area contributed by atoms with Gasteiger partial charge in [-0.1, -0.05) is 70.7 Å². The smallest absolute Gasteiger partial charge is 0.251 e. The lowest BCUT2D eigenvalue weighted by molar-refractivity contribution is -0.112. The van der Waals surface area contributed by atoms with E-state index in [0.717, 1.165) is 95.4 Å². The van der Waals surface area contributed by atoms with Gasteiger partial charge in [0.15, 0.2) is 0 Å². The van der Waals surface area contributed by atoms with Gasteiger partial charge < -0.3 is 42.3 Å². The highest BCUT2D eigenvalue weighted by Gasteiger charge is 2.27. The molecule has 79 heavy (non-hydrogen) atoms. The van der Waals surface area contributed by atoms with Crippen molar-refractivity contribution >= 4 is 103 Å². The second kappa shape index (κ2) is 27.0. The van der Waals surface area contributed by atoms with E-state index in [1.165, 1.54) is 12.2 Å². The second-order valence-corrected chi connectivity index (χ2v) is 21.3. The first kappa shape index (κ1) is 57.1. The number of H-pyrrole nitrogens is 2. The SMILES string of the molecule is CC(C)=CC(=O)Cl.CC(C)=CC(=O)Nc1ccc(C(=O)N[C@H]2CCC[C@@H](Nc3ncc(Cl)c(-c4c[nH]c5ccccc45)n3)C2)cc1.Nc1ccc(C(=O)N[C@H]2CCC[C@@H](Nc3ncc(Cl)c(-c4c[nH]c5ccccc45)n3)C2)cc1. The molecule has 2 fully saturated rings. The lowest BCUT2D eigenvalue weighted by Crippen LogP contribution is -2.42. The van der Waals surface area contributed by atoms with Crippen molar-refractivity contribution in [2.75, 3.05) is 21.7 Å². The molecule has 0 radical (unpaired) electrons. The molecule has 0 aliphatic heterocycles. The topological polar surface area (TPSA) is 238 Å². The maximum absolute atomic E-state index is 12.9. The highest BCUT2D eigenvalue weighted by molar-refractivity contribution is 6.66. The summed E-state index contributed by atoms with van der Waals surface area (Å²) in [6.45, 7) is 7.37. The molecule has 16 nitrogen and oxygen atoms in total. The fraction of sp³-hybridized carbons (Fsp3) is 0.267. The molecule has 4 aromatic carbocycles. The van der Waals surface area contributed by atoms with Crippen molar-refractivity contribution in [2.45, 2.75) is 103 Å². The van der Waals surface area contributed by atoms with Crippen LogP contribution in [0, 0.1) is 0 Å². The zero-order chi connectivity index (χ0) is 56.0. The number of carbonyl (C=O) groups is 4. The first-order chi connectivity index (χ1) is 38.0. The number of carbonyl (C=O) groups excluding carboxylic acids is 4. The second-order valence-electron chi connectivity index (χ2n) is 20.1. The Bertz CT molecular complexity index is 3500. The molecule has 3 amide bonds. The van der Waals surface area contributed by atoms with Crippen molar-refractivity contribution in [1.82, 2.24) is 40.5 Å². The average molecular weight is 1120 g/mol. The molecule has 0 unspecified atom stereocenters. The summed E-state index contributed by atoms with van der Waals surface area (Å²) < 4.78 is 0. The van der Waals surface area contributed by atoms with Crippen LogP contribution in [0.1, 0.15) is 99.8 Å². The summed E-state index contributed by atoms with van der Waals surface area (Å²) in [6.07, 6.45) is 17.4.